The van der Waals surface area contributed by atoms with Gasteiger partial charge in [-0.3, -0.25) is 0 Å². The van der Waals surface area contributed by atoms with E-state index in [0.717, 1.165) is 16.6 Å². The van der Waals surface area contributed by atoms with Gasteiger partial charge in [0.05, 0.1) is 5.56 Å². The topological polar surface area (TPSA) is 49.3 Å². The Morgan fingerprint density at radius 1 is 1.41 bits per heavy atom. The summed E-state index contributed by atoms with van der Waals surface area (Å²) in [6, 6.07) is 5.81. The Labute approximate surface area is 109 Å². The highest BCUT2D eigenvalue weighted by molar-refractivity contribution is 9.10. The Bertz CT molecular complexity index is 414. The predicted octanol–water partition coefficient (Wildman–Crippen LogP) is 3.18. The van der Waals surface area contributed by atoms with Crippen LogP contribution < -0.4 is 5.32 Å². The first-order valence-electron chi connectivity index (χ1n) is 5.92. The lowest BCUT2D eigenvalue weighted by molar-refractivity contribution is 0.0697. The SMILES string of the molecule is O=C(O)c1ccc(CNC2CCCC2)c(Br)c1. The van der Waals surface area contributed by atoms with E-state index in [1.54, 1.807) is 12.1 Å². The number of carbonyl (C=O) groups is 1. The van der Waals surface area contributed by atoms with Crippen molar-refractivity contribution in [3.63, 3.8) is 0 Å². The minimum Gasteiger partial charge on any atom is -0.478 e. The molecule has 0 amide bonds. The van der Waals surface area contributed by atoms with E-state index in [-0.39, 0.29) is 0 Å². The number of hydrogen-bond donors (Lipinski definition) is 2. The van der Waals surface area contributed by atoms with E-state index in [0.29, 0.717) is 11.6 Å². The molecule has 0 atom stereocenters. The van der Waals surface area contributed by atoms with Crippen molar-refractivity contribution in [3.8, 4) is 0 Å². The molecule has 2 rings (SSSR count). The maximum Gasteiger partial charge on any atom is 0.335 e. The van der Waals surface area contributed by atoms with E-state index in [9.17, 15) is 4.79 Å². The maximum atomic E-state index is 10.8. The van der Waals surface area contributed by atoms with Gasteiger partial charge in [0.15, 0.2) is 0 Å². The van der Waals surface area contributed by atoms with Crippen LogP contribution in [0.3, 0.4) is 0 Å². The highest BCUT2D eigenvalue weighted by Gasteiger charge is 2.14. The molecular weight excluding hydrogens is 282 g/mol. The number of carboxylic acids is 1. The molecule has 0 heterocycles. The van der Waals surface area contributed by atoms with Gasteiger partial charge in [-0.25, -0.2) is 4.79 Å². The van der Waals surface area contributed by atoms with E-state index in [4.69, 9.17) is 5.11 Å². The third kappa shape index (κ3) is 3.30. The molecule has 0 aliphatic heterocycles. The lowest BCUT2D eigenvalue weighted by Crippen LogP contribution is -2.25. The smallest absolute Gasteiger partial charge is 0.335 e. The van der Waals surface area contributed by atoms with Crippen LogP contribution in [0.2, 0.25) is 0 Å². The van der Waals surface area contributed by atoms with E-state index in [1.165, 1.54) is 25.7 Å². The maximum absolute atomic E-state index is 10.8. The first-order valence-corrected chi connectivity index (χ1v) is 6.71. The number of hydrogen-bond acceptors (Lipinski definition) is 2. The first kappa shape index (κ1) is 12.6. The molecule has 0 unspecified atom stereocenters. The number of nitrogens with one attached hydrogen (secondary N) is 1. The van der Waals surface area contributed by atoms with Crippen molar-refractivity contribution in [1.29, 1.82) is 0 Å². The van der Waals surface area contributed by atoms with Crippen LogP contribution in [0, 0.1) is 0 Å². The monoisotopic (exact) mass is 297 g/mol. The molecule has 1 saturated carbocycles. The van der Waals surface area contributed by atoms with Gasteiger partial charge >= 0.3 is 5.97 Å². The first-order chi connectivity index (χ1) is 8.16. The van der Waals surface area contributed by atoms with Gasteiger partial charge in [0.1, 0.15) is 0 Å². The third-order valence-corrected chi connectivity index (χ3v) is 3.97. The van der Waals surface area contributed by atoms with E-state index in [1.807, 2.05) is 6.07 Å². The van der Waals surface area contributed by atoms with Crippen LogP contribution in [0.5, 0.6) is 0 Å². The average Bonchev–Trinajstić information content (AvgIpc) is 2.80. The lowest BCUT2D eigenvalue weighted by Gasteiger charge is -2.13. The van der Waals surface area contributed by atoms with Crippen LogP contribution in [-0.4, -0.2) is 17.1 Å². The molecule has 0 saturated heterocycles. The van der Waals surface area contributed by atoms with Crippen LogP contribution in [0.4, 0.5) is 0 Å². The molecular formula is C13H16BrNO2. The third-order valence-electron chi connectivity index (χ3n) is 3.24. The summed E-state index contributed by atoms with van der Waals surface area (Å²) in [7, 11) is 0. The van der Waals surface area contributed by atoms with Crippen LogP contribution in [0.15, 0.2) is 22.7 Å². The van der Waals surface area contributed by atoms with Crippen molar-refractivity contribution in [1.82, 2.24) is 5.32 Å². The standard InChI is InChI=1S/C13H16BrNO2/c14-12-7-9(13(16)17)5-6-10(12)8-15-11-3-1-2-4-11/h5-7,11,15H,1-4,8H2,(H,16,17). The van der Waals surface area contributed by atoms with Crippen molar-refractivity contribution in [2.24, 2.45) is 0 Å². The van der Waals surface area contributed by atoms with E-state index in [2.05, 4.69) is 21.2 Å². The van der Waals surface area contributed by atoms with Gasteiger partial charge in [0.2, 0.25) is 0 Å². The molecule has 4 heteroatoms. The zero-order valence-corrected chi connectivity index (χ0v) is 11.2. The van der Waals surface area contributed by atoms with Crippen LogP contribution in [0.25, 0.3) is 0 Å². The molecule has 0 radical (unpaired) electrons. The summed E-state index contributed by atoms with van der Waals surface area (Å²) >= 11 is 3.42. The molecule has 0 bridgehead atoms. The van der Waals surface area contributed by atoms with Crippen molar-refractivity contribution in [3.05, 3.63) is 33.8 Å². The van der Waals surface area contributed by atoms with Gasteiger partial charge < -0.3 is 10.4 Å². The zero-order valence-electron chi connectivity index (χ0n) is 9.58. The quantitative estimate of drug-likeness (QED) is 0.897. The van der Waals surface area contributed by atoms with Crippen LogP contribution >= 0.6 is 15.9 Å². The lowest BCUT2D eigenvalue weighted by atomic mass is 10.1. The van der Waals surface area contributed by atoms with Gasteiger partial charge in [-0.05, 0) is 30.5 Å². The molecule has 3 nitrogen and oxygen atoms in total. The second-order valence-corrected chi connectivity index (χ2v) is 5.33. The summed E-state index contributed by atoms with van der Waals surface area (Å²) < 4.78 is 0.864. The number of benzene rings is 1. The Balaban J connectivity index is 1.98. The Morgan fingerprint density at radius 3 is 2.71 bits per heavy atom. The largest absolute Gasteiger partial charge is 0.478 e. The normalized spacial score (nSPS) is 16.3. The minimum absolute atomic E-state index is 0.321. The second-order valence-electron chi connectivity index (χ2n) is 4.47. The molecule has 1 aliphatic carbocycles. The van der Waals surface area contributed by atoms with Gasteiger partial charge in [0, 0.05) is 17.1 Å². The summed E-state index contributed by atoms with van der Waals surface area (Å²) in [5.41, 5.74) is 1.43. The summed E-state index contributed by atoms with van der Waals surface area (Å²) in [6.45, 7) is 0.797. The molecule has 1 aromatic carbocycles. The van der Waals surface area contributed by atoms with Crippen molar-refractivity contribution < 1.29 is 9.90 Å². The van der Waals surface area contributed by atoms with Crippen molar-refractivity contribution in [2.75, 3.05) is 0 Å². The summed E-state index contributed by atoms with van der Waals surface area (Å²) in [5.74, 6) is -0.888. The Kier molecular flexibility index (Phi) is 4.18. The average molecular weight is 298 g/mol. The molecule has 0 spiro atoms. The molecule has 1 aliphatic rings. The number of rotatable bonds is 4. The minimum atomic E-state index is -0.888. The van der Waals surface area contributed by atoms with Gasteiger partial charge in [0.25, 0.3) is 0 Å². The number of carboxylic acid groups (broad SMARTS) is 1. The molecule has 17 heavy (non-hydrogen) atoms. The highest BCUT2D eigenvalue weighted by atomic mass is 79.9. The molecule has 2 N–H and O–H groups in total. The van der Waals surface area contributed by atoms with Crippen LogP contribution in [0.1, 0.15) is 41.6 Å². The summed E-state index contributed by atoms with van der Waals surface area (Å²) in [5, 5.41) is 12.4. The van der Waals surface area contributed by atoms with Crippen LogP contribution in [-0.2, 0) is 6.54 Å². The predicted molar refractivity (Wildman–Crippen MR) is 70.2 cm³/mol. The Morgan fingerprint density at radius 2 is 2.12 bits per heavy atom. The zero-order chi connectivity index (χ0) is 12.3. The fourth-order valence-corrected chi connectivity index (χ4v) is 2.73. The van der Waals surface area contributed by atoms with Gasteiger partial charge in [-0.1, -0.05) is 34.8 Å². The van der Waals surface area contributed by atoms with Gasteiger partial charge in [-0.2, -0.15) is 0 Å². The summed E-state index contributed by atoms with van der Waals surface area (Å²) in [6.07, 6.45) is 5.14. The molecule has 1 fully saturated rings. The Hall–Kier alpha value is -0.870. The van der Waals surface area contributed by atoms with E-state index >= 15 is 0 Å². The van der Waals surface area contributed by atoms with Crippen molar-refractivity contribution >= 4 is 21.9 Å². The fourth-order valence-electron chi connectivity index (χ4n) is 2.21. The molecule has 92 valence electrons. The van der Waals surface area contributed by atoms with Crippen molar-refractivity contribution in [2.45, 2.75) is 38.3 Å². The highest BCUT2D eigenvalue weighted by Crippen LogP contribution is 2.21. The number of aromatic carboxylic acids is 1. The number of halogens is 1. The summed E-state index contributed by atoms with van der Waals surface area (Å²) in [4.78, 5) is 10.8. The fraction of sp³-hybridized carbons (Fsp3) is 0.462. The second kappa shape index (κ2) is 5.65. The molecule has 0 aromatic heterocycles. The van der Waals surface area contributed by atoms with Gasteiger partial charge in [-0.15, -0.1) is 0 Å². The molecule has 1 aromatic rings. The van der Waals surface area contributed by atoms with E-state index < -0.39 is 5.97 Å².